The monoisotopic (exact) mass is 408 g/mol. The minimum Gasteiger partial charge on any atom is -0.313 e. The number of sulfonamides is 1. The average Bonchev–Trinajstić information content (AvgIpc) is 2.62. The van der Waals surface area contributed by atoms with Gasteiger partial charge in [0, 0.05) is 38.2 Å². The Balaban J connectivity index is 0.00000243. The van der Waals surface area contributed by atoms with Crippen LogP contribution >= 0.6 is 12.4 Å². The van der Waals surface area contributed by atoms with Crippen LogP contribution in [0.3, 0.4) is 0 Å². The molecule has 0 aliphatic carbocycles. The SMILES string of the molecule is Cl.O=S(=O)(c1ccc(C(F)(F)F)nc1)N1CCNCC1c1cccnc1. The number of hydrogen-bond donors (Lipinski definition) is 1. The van der Waals surface area contributed by atoms with Crippen LogP contribution in [0, 0.1) is 0 Å². The molecule has 2 aromatic rings. The Hall–Kier alpha value is -1.75. The second kappa shape index (κ2) is 7.87. The van der Waals surface area contributed by atoms with Gasteiger partial charge in [0.2, 0.25) is 10.0 Å². The maximum atomic E-state index is 12.9. The predicted octanol–water partition coefficient (Wildman–Crippen LogP) is 2.25. The number of aromatic nitrogens is 2. The molecule has 142 valence electrons. The summed E-state index contributed by atoms with van der Waals surface area (Å²) in [7, 11) is -3.99. The number of nitrogens with one attached hydrogen (secondary N) is 1. The van der Waals surface area contributed by atoms with E-state index in [0.717, 1.165) is 12.3 Å². The molecule has 1 unspecified atom stereocenters. The molecule has 1 aliphatic rings. The van der Waals surface area contributed by atoms with Crippen LogP contribution in [-0.2, 0) is 16.2 Å². The lowest BCUT2D eigenvalue weighted by atomic mass is 10.1. The number of hydrogen-bond acceptors (Lipinski definition) is 5. The van der Waals surface area contributed by atoms with E-state index in [1.165, 1.54) is 4.31 Å². The molecule has 11 heteroatoms. The smallest absolute Gasteiger partial charge is 0.313 e. The molecule has 1 fully saturated rings. The zero-order chi connectivity index (χ0) is 18.1. The van der Waals surface area contributed by atoms with Gasteiger partial charge in [0.25, 0.3) is 0 Å². The minimum absolute atomic E-state index is 0. The van der Waals surface area contributed by atoms with Crippen molar-refractivity contribution in [1.82, 2.24) is 19.6 Å². The van der Waals surface area contributed by atoms with E-state index in [2.05, 4.69) is 15.3 Å². The molecule has 6 nitrogen and oxygen atoms in total. The normalized spacial score (nSPS) is 19.0. The Labute approximate surface area is 154 Å². The van der Waals surface area contributed by atoms with E-state index in [1.54, 1.807) is 24.5 Å². The lowest BCUT2D eigenvalue weighted by Gasteiger charge is -2.35. The van der Waals surface area contributed by atoms with Crippen LogP contribution in [0.5, 0.6) is 0 Å². The first-order valence-electron chi connectivity index (χ1n) is 7.46. The molecule has 1 atom stereocenters. The second-order valence-electron chi connectivity index (χ2n) is 5.50. The van der Waals surface area contributed by atoms with Crippen molar-refractivity contribution in [2.75, 3.05) is 19.6 Å². The molecule has 26 heavy (non-hydrogen) atoms. The molecule has 1 saturated heterocycles. The van der Waals surface area contributed by atoms with E-state index >= 15 is 0 Å². The van der Waals surface area contributed by atoms with Crippen LogP contribution < -0.4 is 5.32 Å². The summed E-state index contributed by atoms with van der Waals surface area (Å²) in [6.45, 7) is 1.03. The highest BCUT2D eigenvalue weighted by atomic mass is 35.5. The largest absolute Gasteiger partial charge is 0.433 e. The van der Waals surface area contributed by atoms with E-state index in [1.807, 2.05) is 0 Å². The highest BCUT2D eigenvalue weighted by Gasteiger charge is 2.36. The van der Waals surface area contributed by atoms with Gasteiger partial charge in [-0.15, -0.1) is 12.4 Å². The summed E-state index contributed by atoms with van der Waals surface area (Å²) in [5.74, 6) is 0. The van der Waals surface area contributed by atoms with Gasteiger partial charge in [-0.05, 0) is 23.8 Å². The Kier molecular flexibility index (Phi) is 6.22. The molecule has 3 rings (SSSR count). The Morgan fingerprint density at radius 1 is 1.19 bits per heavy atom. The highest BCUT2D eigenvalue weighted by Crippen LogP contribution is 2.31. The van der Waals surface area contributed by atoms with Gasteiger partial charge in [0.1, 0.15) is 10.6 Å². The number of rotatable bonds is 3. The summed E-state index contributed by atoms with van der Waals surface area (Å²) in [6.07, 6.45) is -0.709. The van der Waals surface area contributed by atoms with Gasteiger partial charge in [-0.2, -0.15) is 17.5 Å². The van der Waals surface area contributed by atoms with E-state index in [4.69, 9.17) is 0 Å². The lowest BCUT2D eigenvalue weighted by molar-refractivity contribution is -0.141. The molecule has 0 aromatic carbocycles. The fraction of sp³-hybridized carbons (Fsp3) is 0.333. The molecule has 0 radical (unpaired) electrons. The molecular weight excluding hydrogens is 393 g/mol. The summed E-state index contributed by atoms with van der Waals surface area (Å²) in [5.41, 5.74) is -0.422. The first-order valence-corrected chi connectivity index (χ1v) is 8.90. The summed E-state index contributed by atoms with van der Waals surface area (Å²) < 4.78 is 64.9. The maximum Gasteiger partial charge on any atom is 0.433 e. The van der Waals surface area contributed by atoms with Gasteiger partial charge in [-0.3, -0.25) is 9.97 Å². The summed E-state index contributed by atoms with van der Waals surface area (Å²) in [6, 6.07) is 4.59. The zero-order valence-electron chi connectivity index (χ0n) is 13.3. The molecule has 0 amide bonds. The summed E-state index contributed by atoms with van der Waals surface area (Å²) >= 11 is 0. The van der Waals surface area contributed by atoms with Crippen LogP contribution in [0.25, 0.3) is 0 Å². The van der Waals surface area contributed by atoms with Crippen molar-refractivity contribution in [3.8, 4) is 0 Å². The van der Waals surface area contributed by atoms with E-state index in [9.17, 15) is 21.6 Å². The second-order valence-corrected chi connectivity index (χ2v) is 7.39. The van der Waals surface area contributed by atoms with Crippen molar-refractivity contribution in [2.24, 2.45) is 0 Å². The van der Waals surface area contributed by atoms with Crippen LogP contribution in [0.4, 0.5) is 13.2 Å². The predicted molar refractivity (Wildman–Crippen MR) is 90.2 cm³/mol. The molecule has 1 aliphatic heterocycles. The fourth-order valence-electron chi connectivity index (χ4n) is 2.67. The minimum atomic E-state index is -4.62. The highest BCUT2D eigenvalue weighted by molar-refractivity contribution is 7.89. The van der Waals surface area contributed by atoms with Crippen molar-refractivity contribution in [1.29, 1.82) is 0 Å². The lowest BCUT2D eigenvalue weighted by Crippen LogP contribution is -2.48. The zero-order valence-corrected chi connectivity index (χ0v) is 15.0. The van der Waals surface area contributed by atoms with Gasteiger partial charge < -0.3 is 5.32 Å². The Morgan fingerprint density at radius 2 is 1.96 bits per heavy atom. The van der Waals surface area contributed by atoms with Crippen LogP contribution in [0.2, 0.25) is 0 Å². The number of halogens is 4. The number of alkyl halides is 3. The fourth-order valence-corrected chi connectivity index (χ4v) is 4.23. The van der Waals surface area contributed by atoms with Gasteiger partial charge >= 0.3 is 6.18 Å². The number of nitrogens with zero attached hydrogens (tertiary/aromatic N) is 3. The van der Waals surface area contributed by atoms with Gasteiger partial charge in [0.05, 0.1) is 6.04 Å². The van der Waals surface area contributed by atoms with E-state index in [-0.39, 0.29) is 23.8 Å². The molecule has 0 bridgehead atoms. The van der Waals surface area contributed by atoms with Crippen molar-refractivity contribution in [3.05, 3.63) is 54.1 Å². The first-order chi connectivity index (χ1) is 11.8. The Morgan fingerprint density at radius 3 is 2.54 bits per heavy atom. The van der Waals surface area contributed by atoms with E-state index in [0.29, 0.717) is 24.7 Å². The van der Waals surface area contributed by atoms with Gasteiger partial charge in [0.15, 0.2) is 0 Å². The molecule has 3 heterocycles. The van der Waals surface area contributed by atoms with Gasteiger partial charge in [-0.25, -0.2) is 8.42 Å². The standard InChI is InChI=1S/C15H15F3N4O2S.ClH/c16-15(17,18)14-4-3-12(9-21-14)25(23,24)22-7-6-20-10-13(22)11-2-1-5-19-8-11;/h1-5,8-9,13,20H,6-7,10H2;1H. The molecule has 2 aromatic heterocycles. The van der Waals surface area contributed by atoms with Crippen molar-refractivity contribution in [3.63, 3.8) is 0 Å². The number of pyridine rings is 2. The third-order valence-corrected chi connectivity index (χ3v) is 5.79. The Bertz CT molecular complexity index is 832. The maximum absolute atomic E-state index is 12.9. The molecule has 0 saturated carbocycles. The third kappa shape index (κ3) is 4.14. The molecular formula is C15H16ClF3N4O2S. The van der Waals surface area contributed by atoms with Crippen molar-refractivity contribution >= 4 is 22.4 Å². The van der Waals surface area contributed by atoms with E-state index < -0.39 is 27.9 Å². The van der Waals surface area contributed by atoms with Crippen LogP contribution in [0.15, 0.2) is 47.8 Å². The topological polar surface area (TPSA) is 75.2 Å². The third-order valence-electron chi connectivity index (χ3n) is 3.90. The first kappa shape index (κ1) is 20.6. The number of piperazine rings is 1. The molecule has 1 N–H and O–H groups in total. The molecule has 0 spiro atoms. The summed E-state index contributed by atoms with van der Waals surface area (Å²) in [5, 5.41) is 3.12. The van der Waals surface area contributed by atoms with Crippen molar-refractivity contribution in [2.45, 2.75) is 17.1 Å². The van der Waals surface area contributed by atoms with Gasteiger partial charge in [-0.1, -0.05) is 6.07 Å². The summed E-state index contributed by atoms with van der Waals surface area (Å²) in [4.78, 5) is 6.98. The quantitative estimate of drug-likeness (QED) is 0.843. The average molecular weight is 409 g/mol. The van der Waals surface area contributed by atoms with Crippen LogP contribution in [-0.4, -0.2) is 42.3 Å². The van der Waals surface area contributed by atoms with Crippen molar-refractivity contribution < 1.29 is 21.6 Å². The van der Waals surface area contributed by atoms with Crippen LogP contribution in [0.1, 0.15) is 17.3 Å².